The number of carbonyl (C=O) groups excluding carboxylic acids is 1. The summed E-state index contributed by atoms with van der Waals surface area (Å²) in [6.07, 6.45) is 1.11. The number of benzene rings is 2. The molecular weight excluding hydrogens is 493 g/mol. The van der Waals surface area contributed by atoms with Gasteiger partial charge >= 0.3 is 0 Å². The molecule has 1 amide bonds. The van der Waals surface area contributed by atoms with E-state index in [0.29, 0.717) is 18.6 Å². The Morgan fingerprint density at radius 3 is 2.41 bits per heavy atom. The van der Waals surface area contributed by atoms with Crippen LogP contribution in [0.25, 0.3) is 0 Å². The molecule has 2 saturated carbocycles. The lowest BCUT2D eigenvalue weighted by molar-refractivity contribution is -0.0549. The van der Waals surface area contributed by atoms with Crippen LogP contribution in [0.3, 0.4) is 0 Å². The van der Waals surface area contributed by atoms with Crippen LogP contribution in [0.2, 0.25) is 5.02 Å². The highest BCUT2D eigenvalue weighted by Gasteiger charge is 2.57. The first-order valence-corrected chi connectivity index (χ1v) is 12.7. The molecule has 2 aliphatic rings. The SMILES string of the molecule is C[C@H]1CC2C[C@@H](S(=O)(=O)c3cc(C(=O)Nc4cc(F)c(F)c(F)c4)ccc3Cl)CC1[C@@]2(O)CN. The van der Waals surface area contributed by atoms with Crippen molar-refractivity contribution >= 4 is 33.0 Å². The number of nitrogens with two attached hydrogens (primary N) is 1. The van der Waals surface area contributed by atoms with Crippen molar-refractivity contribution in [3.63, 3.8) is 0 Å². The zero-order chi connectivity index (χ0) is 25.0. The van der Waals surface area contributed by atoms with Crippen molar-refractivity contribution in [1.82, 2.24) is 0 Å². The van der Waals surface area contributed by atoms with Gasteiger partial charge in [-0.1, -0.05) is 18.5 Å². The second-order valence-corrected chi connectivity index (χ2v) is 11.8. The Hall–Kier alpha value is -2.14. The molecule has 0 heterocycles. The number of fused-ring (bicyclic) bond motifs is 2. The number of aliphatic hydroxyl groups is 1. The third-order valence-electron chi connectivity index (χ3n) is 7.26. The Morgan fingerprint density at radius 1 is 1.18 bits per heavy atom. The molecule has 2 aromatic rings. The Labute approximate surface area is 200 Å². The number of anilines is 1. The van der Waals surface area contributed by atoms with Gasteiger partial charge in [-0.15, -0.1) is 0 Å². The van der Waals surface area contributed by atoms with E-state index in [4.69, 9.17) is 17.3 Å². The summed E-state index contributed by atoms with van der Waals surface area (Å²) in [5.74, 6) is -5.91. The third kappa shape index (κ3) is 4.10. The van der Waals surface area contributed by atoms with Crippen molar-refractivity contribution in [2.24, 2.45) is 23.5 Å². The number of nitrogens with one attached hydrogen (secondary N) is 1. The highest BCUT2D eigenvalue weighted by Crippen LogP contribution is 2.54. The Balaban J connectivity index is 1.61. The second-order valence-electron chi connectivity index (χ2n) is 9.20. The topological polar surface area (TPSA) is 109 Å². The largest absolute Gasteiger partial charge is 0.388 e. The highest BCUT2D eigenvalue weighted by atomic mass is 35.5. The van der Waals surface area contributed by atoms with E-state index >= 15 is 0 Å². The maximum atomic E-state index is 13.5. The molecule has 4 N–H and O–H groups in total. The fraction of sp³-hybridized carbons (Fsp3) is 0.435. The quantitative estimate of drug-likeness (QED) is 0.522. The van der Waals surface area contributed by atoms with Crippen LogP contribution in [0.1, 0.15) is 36.5 Å². The molecule has 2 unspecified atom stereocenters. The lowest BCUT2D eigenvalue weighted by Crippen LogP contribution is -2.53. The van der Waals surface area contributed by atoms with Crippen molar-refractivity contribution in [3.05, 3.63) is 58.4 Å². The average Bonchev–Trinajstić information content (AvgIpc) is 2.90. The summed E-state index contributed by atoms with van der Waals surface area (Å²) >= 11 is 6.20. The van der Waals surface area contributed by atoms with E-state index in [2.05, 4.69) is 5.32 Å². The molecule has 0 aliphatic heterocycles. The number of hydrogen-bond donors (Lipinski definition) is 3. The number of hydrogen-bond acceptors (Lipinski definition) is 5. The predicted molar refractivity (Wildman–Crippen MR) is 121 cm³/mol. The highest BCUT2D eigenvalue weighted by molar-refractivity contribution is 7.92. The summed E-state index contributed by atoms with van der Waals surface area (Å²) in [4.78, 5) is 12.4. The van der Waals surface area contributed by atoms with Gasteiger partial charge in [-0.3, -0.25) is 4.79 Å². The maximum absolute atomic E-state index is 13.5. The number of amides is 1. The van der Waals surface area contributed by atoms with Crippen LogP contribution in [0.4, 0.5) is 18.9 Å². The summed E-state index contributed by atoms with van der Waals surface area (Å²) in [6, 6.07) is 4.86. The van der Waals surface area contributed by atoms with Gasteiger partial charge in [0.15, 0.2) is 27.3 Å². The fourth-order valence-corrected chi connectivity index (χ4v) is 7.87. The van der Waals surface area contributed by atoms with E-state index in [1.54, 1.807) is 0 Å². The molecular formula is C23H24ClF3N2O4S. The molecule has 184 valence electrons. The van der Waals surface area contributed by atoms with Crippen molar-refractivity contribution in [2.45, 2.75) is 41.9 Å². The van der Waals surface area contributed by atoms with Gasteiger partial charge in [0.2, 0.25) is 0 Å². The van der Waals surface area contributed by atoms with Gasteiger partial charge in [-0.25, -0.2) is 21.6 Å². The van der Waals surface area contributed by atoms with Crippen molar-refractivity contribution < 1.29 is 31.5 Å². The van der Waals surface area contributed by atoms with E-state index in [1.807, 2.05) is 6.92 Å². The zero-order valence-electron chi connectivity index (χ0n) is 18.2. The summed E-state index contributed by atoms with van der Waals surface area (Å²) < 4.78 is 67.1. The van der Waals surface area contributed by atoms with Crippen molar-refractivity contribution in [1.29, 1.82) is 0 Å². The van der Waals surface area contributed by atoms with Gasteiger partial charge < -0.3 is 16.2 Å². The first kappa shape index (κ1) is 25.0. The van der Waals surface area contributed by atoms with Crippen LogP contribution < -0.4 is 11.1 Å². The molecule has 0 aromatic heterocycles. The normalized spacial score (nSPS) is 28.7. The molecule has 34 heavy (non-hydrogen) atoms. The van der Waals surface area contributed by atoms with Gasteiger partial charge in [0.25, 0.3) is 5.91 Å². The molecule has 0 spiro atoms. The summed E-state index contributed by atoms with van der Waals surface area (Å²) in [6.45, 7) is 2.03. The van der Waals surface area contributed by atoms with Gasteiger partial charge in [0.05, 0.1) is 20.8 Å². The molecule has 2 aromatic carbocycles. The first-order valence-electron chi connectivity index (χ1n) is 10.8. The van der Waals surface area contributed by atoms with Gasteiger partial charge in [0, 0.05) is 29.9 Å². The van der Waals surface area contributed by atoms with Gasteiger partial charge in [-0.05, 0) is 55.2 Å². The maximum Gasteiger partial charge on any atom is 0.255 e. The Morgan fingerprint density at radius 2 is 1.82 bits per heavy atom. The lowest BCUT2D eigenvalue weighted by atomic mass is 9.73. The van der Waals surface area contributed by atoms with Crippen molar-refractivity contribution in [2.75, 3.05) is 11.9 Å². The fourth-order valence-electron chi connectivity index (χ4n) is 5.49. The number of carbonyl (C=O) groups is 1. The Kier molecular flexibility index (Phi) is 6.48. The summed E-state index contributed by atoms with van der Waals surface area (Å²) in [5.41, 5.74) is 4.27. The van der Waals surface area contributed by atoms with Crippen LogP contribution in [0, 0.1) is 35.2 Å². The molecule has 2 fully saturated rings. The molecule has 2 bridgehead atoms. The number of halogens is 4. The second kappa shape index (κ2) is 8.82. The molecule has 4 rings (SSSR count). The summed E-state index contributed by atoms with van der Waals surface area (Å²) in [7, 11) is -3.98. The van der Waals surface area contributed by atoms with Crippen LogP contribution in [-0.2, 0) is 9.84 Å². The van der Waals surface area contributed by atoms with Gasteiger partial charge in [-0.2, -0.15) is 0 Å². The first-order chi connectivity index (χ1) is 15.9. The molecule has 11 heteroatoms. The number of sulfone groups is 1. The molecule has 6 nitrogen and oxygen atoms in total. The minimum absolute atomic E-state index is 0.0560. The molecule has 5 atom stereocenters. The van der Waals surface area contributed by atoms with Crippen molar-refractivity contribution in [3.8, 4) is 0 Å². The monoisotopic (exact) mass is 516 g/mol. The van der Waals surface area contributed by atoms with E-state index in [9.17, 15) is 31.5 Å². The molecule has 2 aliphatic carbocycles. The minimum atomic E-state index is -3.98. The standard InChI is InChI=1S/C23H24ClF3N2O4S/c1-11-4-13-6-15(9-16(11)23(13,31)10-28)34(32,33)20-5-12(2-3-17(20)24)22(30)29-14-7-18(25)21(27)19(26)8-14/h2-3,5,7-8,11,13,15-16,31H,4,6,9-10,28H2,1H3,(H,29,30)/t11-,13?,15+,16?,23+/m0/s1. The minimum Gasteiger partial charge on any atom is -0.388 e. The van der Waals surface area contributed by atoms with Crippen LogP contribution in [0.15, 0.2) is 35.2 Å². The van der Waals surface area contributed by atoms with E-state index in [0.717, 1.165) is 6.07 Å². The predicted octanol–water partition coefficient (Wildman–Crippen LogP) is 3.91. The number of rotatable bonds is 5. The van der Waals surface area contributed by atoms with E-state index in [-0.39, 0.29) is 58.3 Å². The van der Waals surface area contributed by atoms with Crippen LogP contribution in [0.5, 0.6) is 0 Å². The Bertz CT molecular complexity index is 1240. The zero-order valence-corrected chi connectivity index (χ0v) is 19.8. The van der Waals surface area contributed by atoms with Crippen LogP contribution >= 0.6 is 11.6 Å². The smallest absolute Gasteiger partial charge is 0.255 e. The average molecular weight is 517 g/mol. The van der Waals surface area contributed by atoms with E-state index in [1.165, 1.54) is 12.1 Å². The summed E-state index contributed by atoms with van der Waals surface area (Å²) in [5, 5.41) is 12.3. The van der Waals surface area contributed by atoms with E-state index < -0.39 is 44.0 Å². The third-order valence-corrected chi connectivity index (χ3v) is 9.92. The molecule has 0 radical (unpaired) electrons. The van der Waals surface area contributed by atoms with Crippen LogP contribution in [-0.4, -0.2) is 36.8 Å². The molecule has 0 saturated heterocycles. The lowest BCUT2D eigenvalue weighted by Gasteiger charge is -2.42. The van der Waals surface area contributed by atoms with Gasteiger partial charge in [0.1, 0.15) is 0 Å².